The SMILES string of the molecule is Cc1ccc(C(=O)N2CCC(N3CCN(C)CC3)C(CCC(=O)O)C2)c(O)c1. The number of aryl methyl sites for hydroxylation is 1. The number of hydrogen-bond acceptors (Lipinski definition) is 5. The molecular weight excluding hydrogens is 358 g/mol. The second-order valence-corrected chi connectivity index (χ2v) is 8.16. The van der Waals surface area contributed by atoms with Gasteiger partial charge in [-0.05, 0) is 50.4 Å². The molecule has 2 fully saturated rings. The van der Waals surface area contributed by atoms with Gasteiger partial charge in [0.15, 0.2) is 0 Å². The molecule has 0 radical (unpaired) electrons. The Kier molecular flexibility index (Phi) is 6.57. The number of likely N-dealkylation sites (N-methyl/N-ethyl adjacent to an activating group) is 1. The molecule has 0 spiro atoms. The quantitative estimate of drug-likeness (QED) is 0.797. The number of carbonyl (C=O) groups excluding carboxylic acids is 1. The fraction of sp³-hybridized carbons (Fsp3) is 0.619. The van der Waals surface area contributed by atoms with E-state index in [9.17, 15) is 14.7 Å². The van der Waals surface area contributed by atoms with E-state index in [1.54, 1.807) is 17.0 Å². The predicted molar refractivity (Wildman–Crippen MR) is 107 cm³/mol. The summed E-state index contributed by atoms with van der Waals surface area (Å²) >= 11 is 0. The number of piperazine rings is 1. The standard InChI is InChI=1S/C21H31N3O4/c1-15-3-5-17(19(25)13-15)21(28)24-8-7-18(16(14-24)4-6-20(26)27)23-11-9-22(2)10-12-23/h3,5,13,16,18,25H,4,6-12,14H2,1-2H3,(H,26,27). The maximum Gasteiger partial charge on any atom is 0.303 e. The summed E-state index contributed by atoms with van der Waals surface area (Å²) in [5.41, 5.74) is 1.22. The molecule has 2 N–H and O–H groups in total. The largest absolute Gasteiger partial charge is 0.507 e. The molecule has 2 aliphatic rings. The van der Waals surface area contributed by atoms with E-state index >= 15 is 0 Å². The van der Waals surface area contributed by atoms with Crippen molar-refractivity contribution in [2.24, 2.45) is 5.92 Å². The van der Waals surface area contributed by atoms with Crippen LogP contribution in [0.3, 0.4) is 0 Å². The van der Waals surface area contributed by atoms with Gasteiger partial charge in [0, 0.05) is 51.7 Å². The minimum atomic E-state index is -0.795. The third kappa shape index (κ3) is 4.83. The Hall–Kier alpha value is -2.12. The fourth-order valence-electron chi connectivity index (χ4n) is 4.42. The molecule has 2 atom stereocenters. The normalized spacial score (nSPS) is 24.3. The lowest BCUT2D eigenvalue weighted by Gasteiger charge is -2.46. The average Bonchev–Trinajstić information content (AvgIpc) is 2.66. The van der Waals surface area contributed by atoms with Gasteiger partial charge in [0.2, 0.25) is 0 Å². The third-order valence-corrected chi connectivity index (χ3v) is 6.10. The molecular formula is C21H31N3O4. The van der Waals surface area contributed by atoms with Crippen LogP contribution in [0.15, 0.2) is 18.2 Å². The Labute approximate surface area is 166 Å². The number of carbonyl (C=O) groups is 2. The van der Waals surface area contributed by atoms with Crippen molar-refractivity contribution in [1.82, 2.24) is 14.7 Å². The van der Waals surface area contributed by atoms with Crippen LogP contribution in [0, 0.1) is 12.8 Å². The molecule has 0 bridgehead atoms. The van der Waals surface area contributed by atoms with Crippen LogP contribution in [-0.4, -0.2) is 89.1 Å². The molecule has 2 heterocycles. The summed E-state index contributed by atoms with van der Waals surface area (Å²) in [5, 5.41) is 19.3. The third-order valence-electron chi connectivity index (χ3n) is 6.10. The van der Waals surface area contributed by atoms with Crippen LogP contribution < -0.4 is 0 Å². The van der Waals surface area contributed by atoms with Crippen LogP contribution in [-0.2, 0) is 4.79 Å². The van der Waals surface area contributed by atoms with Crippen molar-refractivity contribution >= 4 is 11.9 Å². The number of carboxylic acids is 1. The first kappa shape index (κ1) is 20.6. The first-order valence-electron chi connectivity index (χ1n) is 10.1. The van der Waals surface area contributed by atoms with Crippen LogP contribution in [0.5, 0.6) is 5.75 Å². The van der Waals surface area contributed by atoms with E-state index in [0.717, 1.165) is 38.2 Å². The number of phenolic OH excluding ortho intramolecular Hbond substituents is 1. The highest BCUT2D eigenvalue weighted by molar-refractivity contribution is 5.97. The number of aromatic hydroxyl groups is 1. The van der Waals surface area contributed by atoms with E-state index in [4.69, 9.17) is 5.11 Å². The van der Waals surface area contributed by atoms with Gasteiger partial charge in [-0.3, -0.25) is 14.5 Å². The van der Waals surface area contributed by atoms with E-state index in [1.807, 2.05) is 13.0 Å². The van der Waals surface area contributed by atoms with E-state index in [2.05, 4.69) is 16.8 Å². The van der Waals surface area contributed by atoms with E-state index in [1.165, 1.54) is 0 Å². The second kappa shape index (κ2) is 8.92. The number of phenols is 1. The average molecular weight is 389 g/mol. The second-order valence-electron chi connectivity index (χ2n) is 8.16. The zero-order valence-corrected chi connectivity index (χ0v) is 16.8. The molecule has 2 aliphatic heterocycles. The van der Waals surface area contributed by atoms with Crippen molar-refractivity contribution in [3.8, 4) is 5.75 Å². The molecule has 28 heavy (non-hydrogen) atoms. The van der Waals surface area contributed by atoms with Crippen molar-refractivity contribution in [1.29, 1.82) is 0 Å². The van der Waals surface area contributed by atoms with Crippen molar-refractivity contribution < 1.29 is 19.8 Å². The molecule has 154 valence electrons. The Morgan fingerprint density at radius 3 is 2.50 bits per heavy atom. The molecule has 2 unspecified atom stereocenters. The van der Waals surface area contributed by atoms with Gasteiger partial charge in [-0.2, -0.15) is 0 Å². The first-order chi connectivity index (χ1) is 13.3. The smallest absolute Gasteiger partial charge is 0.303 e. The van der Waals surface area contributed by atoms with Crippen molar-refractivity contribution in [3.05, 3.63) is 29.3 Å². The summed E-state index contributed by atoms with van der Waals surface area (Å²) in [6.07, 6.45) is 1.52. The maximum absolute atomic E-state index is 13.0. The molecule has 0 saturated carbocycles. The lowest BCUT2D eigenvalue weighted by Crippen LogP contribution is -2.57. The number of amides is 1. The Morgan fingerprint density at radius 2 is 1.86 bits per heavy atom. The number of likely N-dealkylation sites (tertiary alicyclic amines) is 1. The van der Waals surface area contributed by atoms with Crippen LogP contribution in [0.4, 0.5) is 0 Å². The monoisotopic (exact) mass is 389 g/mol. The van der Waals surface area contributed by atoms with Crippen molar-refractivity contribution in [2.75, 3.05) is 46.3 Å². The van der Waals surface area contributed by atoms with Gasteiger partial charge in [0.25, 0.3) is 5.91 Å². The summed E-state index contributed by atoms with van der Waals surface area (Å²) in [7, 11) is 2.12. The molecule has 0 aliphatic carbocycles. The number of hydrogen-bond donors (Lipinski definition) is 2. The Balaban J connectivity index is 1.72. The summed E-state index contributed by atoms with van der Waals surface area (Å²) < 4.78 is 0. The van der Waals surface area contributed by atoms with Gasteiger partial charge >= 0.3 is 5.97 Å². The predicted octanol–water partition coefficient (Wildman–Crippen LogP) is 1.64. The minimum absolute atomic E-state index is 0.00766. The zero-order valence-electron chi connectivity index (χ0n) is 16.8. The Bertz CT molecular complexity index is 716. The zero-order chi connectivity index (χ0) is 20.3. The highest BCUT2D eigenvalue weighted by Gasteiger charge is 2.36. The number of benzene rings is 1. The molecule has 0 aromatic heterocycles. The minimum Gasteiger partial charge on any atom is -0.507 e. The number of nitrogens with zero attached hydrogens (tertiary/aromatic N) is 3. The molecule has 1 aromatic carbocycles. The van der Waals surface area contributed by atoms with Crippen LogP contribution in [0.1, 0.15) is 35.2 Å². The first-order valence-corrected chi connectivity index (χ1v) is 10.1. The number of piperidine rings is 1. The van der Waals surface area contributed by atoms with Gasteiger partial charge < -0.3 is 20.0 Å². The summed E-state index contributed by atoms with van der Waals surface area (Å²) in [5.74, 6) is -0.829. The van der Waals surface area contributed by atoms with E-state index < -0.39 is 5.97 Å². The van der Waals surface area contributed by atoms with E-state index in [-0.39, 0.29) is 24.0 Å². The molecule has 1 amide bonds. The molecule has 7 nitrogen and oxygen atoms in total. The van der Waals surface area contributed by atoms with Gasteiger partial charge in [-0.25, -0.2) is 0 Å². The van der Waals surface area contributed by atoms with Gasteiger partial charge in [-0.1, -0.05) is 6.07 Å². The topological polar surface area (TPSA) is 84.3 Å². The summed E-state index contributed by atoms with van der Waals surface area (Å²) in [4.78, 5) is 30.7. The lowest BCUT2D eigenvalue weighted by atomic mass is 9.86. The number of rotatable bonds is 5. The maximum atomic E-state index is 13.0. The number of aliphatic carboxylic acids is 1. The highest BCUT2D eigenvalue weighted by Crippen LogP contribution is 2.29. The van der Waals surface area contributed by atoms with Crippen LogP contribution >= 0.6 is 0 Å². The molecule has 1 aromatic rings. The highest BCUT2D eigenvalue weighted by atomic mass is 16.4. The summed E-state index contributed by atoms with van der Waals surface area (Å²) in [6, 6.07) is 5.41. The van der Waals surface area contributed by atoms with Crippen LogP contribution in [0.2, 0.25) is 0 Å². The van der Waals surface area contributed by atoms with E-state index in [0.29, 0.717) is 31.1 Å². The number of carboxylic acid groups (broad SMARTS) is 1. The van der Waals surface area contributed by atoms with Gasteiger partial charge in [0.05, 0.1) is 5.56 Å². The molecule has 7 heteroatoms. The van der Waals surface area contributed by atoms with Crippen molar-refractivity contribution in [2.45, 2.75) is 32.2 Å². The van der Waals surface area contributed by atoms with Crippen LogP contribution in [0.25, 0.3) is 0 Å². The van der Waals surface area contributed by atoms with Gasteiger partial charge in [0.1, 0.15) is 5.75 Å². The summed E-state index contributed by atoms with van der Waals surface area (Å²) in [6.45, 7) is 7.04. The lowest BCUT2D eigenvalue weighted by molar-refractivity contribution is -0.137. The fourth-order valence-corrected chi connectivity index (χ4v) is 4.42. The Morgan fingerprint density at radius 1 is 1.14 bits per heavy atom. The van der Waals surface area contributed by atoms with Crippen molar-refractivity contribution in [3.63, 3.8) is 0 Å². The molecule has 3 rings (SSSR count). The molecule has 2 saturated heterocycles. The van der Waals surface area contributed by atoms with Gasteiger partial charge in [-0.15, -0.1) is 0 Å².